The van der Waals surface area contributed by atoms with Gasteiger partial charge in [0.1, 0.15) is 22.5 Å². The van der Waals surface area contributed by atoms with E-state index in [1.165, 1.54) is 13.1 Å². The highest BCUT2D eigenvalue weighted by molar-refractivity contribution is 7.90. The molecule has 1 amide bonds. The Morgan fingerprint density at radius 1 is 1.16 bits per heavy atom. The highest BCUT2D eigenvalue weighted by atomic mass is 32.2. The third-order valence-corrected chi connectivity index (χ3v) is 7.29. The van der Waals surface area contributed by atoms with Crippen LogP contribution in [-0.2, 0) is 19.4 Å². The Bertz CT molecular complexity index is 1280. The first-order valence-corrected chi connectivity index (χ1v) is 12.4. The fraction of sp³-hybridized carbons (Fsp3) is 0.455. The van der Waals surface area contributed by atoms with Crippen molar-refractivity contribution < 1.29 is 53.8 Å². The Labute approximate surface area is 207 Å². The molecule has 2 aromatic rings. The zero-order chi connectivity index (χ0) is 28.0. The molecule has 1 aromatic heterocycles. The van der Waals surface area contributed by atoms with Gasteiger partial charge in [-0.15, -0.1) is 13.2 Å². The van der Waals surface area contributed by atoms with Crippen LogP contribution >= 0.6 is 0 Å². The van der Waals surface area contributed by atoms with Gasteiger partial charge in [-0.1, -0.05) is 13.0 Å². The molecule has 37 heavy (non-hydrogen) atoms. The summed E-state index contributed by atoms with van der Waals surface area (Å²) in [6.07, 6.45) is -8.83. The molecule has 8 nitrogen and oxygen atoms in total. The number of benzene rings is 1. The van der Waals surface area contributed by atoms with Gasteiger partial charge in [-0.3, -0.25) is 9.78 Å². The molecule has 4 atom stereocenters. The van der Waals surface area contributed by atoms with Crippen LogP contribution in [0.15, 0.2) is 41.6 Å². The Kier molecular flexibility index (Phi) is 7.45. The zero-order valence-corrected chi connectivity index (χ0v) is 20.6. The van der Waals surface area contributed by atoms with Crippen LogP contribution < -0.4 is 14.8 Å². The third kappa shape index (κ3) is 5.76. The second kappa shape index (κ2) is 9.67. The minimum absolute atomic E-state index is 0.0456. The van der Waals surface area contributed by atoms with E-state index in [0.717, 1.165) is 50.8 Å². The molecule has 1 fully saturated rings. The first-order chi connectivity index (χ1) is 16.9. The number of amides is 1. The summed E-state index contributed by atoms with van der Waals surface area (Å²) in [7, 11) is -2.79. The van der Waals surface area contributed by atoms with Crippen molar-refractivity contribution in [3.63, 3.8) is 0 Å². The quantitative estimate of drug-likeness (QED) is 0.524. The van der Waals surface area contributed by atoms with Gasteiger partial charge < -0.3 is 19.5 Å². The van der Waals surface area contributed by atoms with E-state index in [1.807, 2.05) is 0 Å². The fourth-order valence-corrected chi connectivity index (χ4v) is 4.94. The summed E-state index contributed by atoms with van der Waals surface area (Å²) in [6.45, 7) is 1.93. The number of carbonyl (C=O) groups excluding carboxylic acids is 1. The lowest BCUT2D eigenvalue weighted by Crippen LogP contribution is -2.47. The summed E-state index contributed by atoms with van der Waals surface area (Å²) in [5.74, 6) is -4.87. The second-order valence-electron chi connectivity index (χ2n) is 8.54. The maximum Gasteiger partial charge on any atom is 0.573 e. The number of rotatable bonds is 6. The molecule has 0 aliphatic carbocycles. The average molecular weight is 556 g/mol. The van der Waals surface area contributed by atoms with E-state index in [1.54, 1.807) is 0 Å². The molecule has 1 aliphatic heterocycles. The smallest absolute Gasteiger partial charge is 0.496 e. The van der Waals surface area contributed by atoms with Crippen LogP contribution in [0.1, 0.15) is 25.3 Å². The number of nitrogens with one attached hydrogen (secondary N) is 1. The predicted molar refractivity (Wildman–Crippen MR) is 117 cm³/mol. The summed E-state index contributed by atoms with van der Waals surface area (Å²) in [4.78, 5) is 16.6. The van der Waals surface area contributed by atoms with E-state index >= 15 is 0 Å². The van der Waals surface area contributed by atoms with E-state index in [4.69, 9.17) is 9.47 Å². The van der Waals surface area contributed by atoms with Crippen molar-refractivity contribution in [2.24, 2.45) is 5.92 Å². The molecule has 1 saturated heterocycles. The second-order valence-corrected chi connectivity index (χ2v) is 10.5. The predicted octanol–water partition coefficient (Wildman–Crippen LogP) is 4.47. The molecule has 1 N–H and O–H groups in total. The van der Waals surface area contributed by atoms with Crippen molar-refractivity contribution in [2.45, 2.75) is 48.9 Å². The molecule has 1 aliphatic rings. The van der Waals surface area contributed by atoms with Gasteiger partial charge in [0, 0.05) is 42.1 Å². The molecular weight excluding hydrogens is 534 g/mol. The summed E-state index contributed by atoms with van der Waals surface area (Å²) in [5, 5.41) is 2.28. The lowest BCUT2D eigenvalue weighted by Gasteiger charge is -2.32. The van der Waals surface area contributed by atoms with Crippen molar-refractivity contribution >= 4 is 21.4 Å². The lowest BCUT2D eigenvalue weighted by molar-refractivity contribution is -0.274. The number of anilines is 1. The zero-order valence-electron chi connectivity index (χ0n) is 19.8. The normalized spacial score (nSPS) is 24.5. The van der Waals surface area contributed by atoms with Gasteiger partial charge in [0.2, 0.25) is 0 Å². The van der Waals surface area contributed by atoms with E-state index < -0.39 is 57.6 Å². The Hall–Kier alpha value is -3.07. The monoisotopic (exact) mass is 556 g/mol. The highest BCUT2D eigenvalue weighted by Gasteiger charge is 2.65. The van der Waals surface area contributed by atoms with Gasteiger partial charge in [-0.05, 0) is 19.1 Å². The number of methoxy groups -OCH3 is 1. The van der Waals surface area contributed by atoms with Crippen molar-refractivity contribution in [3.8, 4) is 11.5 Å². The van der Waals surface area contributed by atoms with E-state index in [0.29, 0.717) is 0 Å². The van der Waals surface area contributed by atoms with Gasteiger partial charge in [-0.2, -0.15) is 13.2 Å². The number of alkyl halides is 6. The molecule has 0 bridgehead atoms. The number of ether oxygens (including phenoxy) is 3. The molecule has 0 radical (unpaired) electrons. The Balaban J connectivity index is 2.09. The van der Waals surface area contributed by atoms with Crippen molar-refractivity contribution in [2.75, 3.05) is 18.7 Å². The van der Waals surface area contributed by atoms with Crippen LogP contribution in [0.25, 0.3) is 0 Å². The number of pyridine rings is 1. The topological polar surface area (TPSA) is 104 Å². The van der Waals surface area contributed by atoms with Crippen LogP contribution in [0.4, 0.5) is 32.0 Å². The summed E-state index contributed by atoms with van der Waals surface area (Å²) < 4.78 is 119. The third-order valence-electron chi connectivity index (χ3n) is 6.17. The number of hydrogen-bond donors (Lipinski definition) is 1. The number of sulfone groups is 1. The minimum Gasteiger partial charge on any atom is -0.496 e. The van der Waals surface area contributed by atoms with Gasteiger partial charge >= 0.3 is 12.5 Å². The molecule has 0 unspecified atom stereocenters. The van der Waals surface area contributed by atoms with Gasteiger partial charge in [0.05, 0.1) is 12.8 Å². The van der Waals surface area contributed by atoms with Crippen molar-refractivity contribution in [1.82, 2.24) is 4.98 Å². The maximum atomic E-state index is 14.1. The summed E-state index contributed by atoms with van der Waals surface area (Å²) in [5.41, 5.74) is -3.13. The number of halogens is 6. The van der Waals surface area contributed by atoms with Crippen molar-refractivity contribution in [3.05, 3.63) is 42.2 Å². The van der Waals surface area contributed by atoms with Gasteiger partial charge in [0.15, 0.2) is 15.4 Å². The van der Waals surface area contributed by atoms with Gasteiger partial charge in [0.25, 0.3) is 5.91 Å². The first kappa shape index (κ1) is 28.5. The van der Waals surface area contributed by atoms with Crippen LogP contribution in [0, 0.1) is 5.92 Å². The fourth-order valence-electron chi connectivity index (χ4n) is 4.17. The Morgan fingerprint density at radius 3 is 2.35 bits per heavy atom. The SMILES string of the molecule is COc1cc(OC(F)(F)F)ccc1[C@H]1[C@H](C(=O)Nc2ccncc2S(C)(=O)=O)O[C@@](C)(C(F)(F)F)[C@H]1C. The molecule has 15 heteroatoms. The van der Waals surface area contributed by atoms with Crippen LogP contribution in [0.2, 0.25) is 0 Å². The maximum absolute atomic E-state index is 14.1. The Morgan fingerprint density at radius 2 is 1.81 bits per heavy atom. The van der Waals surface area contributed by atoms with E-state index in [2.05, 4.69) is 15.0 Å². The lowest BCUT2D eigenvalue weighted by atomic mass is 9.77. The van der Waals surface area contributed by atoms with Crippen LogP contribution in [-0.4, -0.2) is 56.9 Å². The molecule has 2 heterocycles. The number of aromatic nitrogens is 1. The minimum atomic E-state index is -5.03. The largest absolute Gasteiger partial charge is 0.573 e. The first-order valence-electron chi connectivity index (χ1n) is 10.5. The molecular formula is C22H22F6N2O6S. The van der Waals surface area contributed by atoms with E-state index in [9.17, 15) is 39.6 Å². The molecule has 1 aromatic carbocycles. The number of hydrogen-bond acceptors (Lipinski definition) is 7. The van der Waals surface area contributed by atoms with Gasteiger partial charge in [-0.25, -0.2) is 8.42 Å². The number of carbonyl (C=O) groups is 1. The molecule has 3 rings (SSSR count). The summed E-state index contributed by atoms with van der Waals surface area (Å²) >= 11 is 0. The summed E-state index contributed by atoms with van der Waals surface area (Å²) in [6, 6.07) is 3.91. The van der Waals surface area contributed by atoms with E-state index in [-0.39, 0.29) is 21.9 Å². The van der Waals surface area contributed by atoms with Crippen LogP contribution in [0.3, 0.4) is 0 Å². The average Bonchev–Trinajstić information content (AvgIpc) is 3.04. The van der Waals surface area contributed by atoms with Crippen LogP contribution in [0.5, 0.6) is 11.5 Å². The number of nitrogens with zero attached hydrogens (tertiary/aromatic N) is 1. The standard InChI is InChI=1S/C22H22F6N2O6S/c1-11-17(13-6-5-12(9-15(13)34-3)35-22(26,27)28)18(36-20(11,2)21(23,24)25)19(31)30-14-7-8-29-10-16(14)37(4,32)33/h5-11,17-18H,1-4H3,(H,29,30,31)/t11-,17-,18+,20+/m0/s1. The highest BCUT2D eigenvalue weighted by Crippen LogP contribution is 2.55. The molecule has 0 saturated carbocycles. The van der Waals surface area contributed by atoms with Crippen molar-refractivity contribution in [1.29, 1.82) is 0 Å². The molecule has 0 spiro atoms. The molecule has 204 valence electrons.